The molecule has 5 rings (SSSR count). The molecule has 2 aromatic carbocycles. The first-order chi connectivity index (χ1) is 16.3. The second-order valence-corrected chi connectivity index (χ2v) is 9.01. The summed E-state index contributed by atoms with van der Waals surface area (Å²) < 4.78 is 7.58. The monoisotopic (exact) mass is 457 g/mol. The number of nitrogens with one attached hydrogen (secondary N) is 1. The Bertz CT molecular complexity index is 1430. The first-order valence-corrected chi connectivity index (χ1v) is 11.3. The largest absolute Gasteiger partial charge is 0.437 e. The van der Waals surface area contributed by atoms with E-state index in [0.717, 1.165) is 36.0 Å². The Kier molecular flexibility index (Phi) is 5.25. The summed E-state index contributed by atoms with van der Waals surface area (Å²) in [4.78, 5) is 29.5. The highest BCUT2D eigenvalue weighted by Gasteiger charge is 2.34. The van der Waals surface area contributed by atoms with E-state index >= 15 is 0 Å². The molecule has 1 amide bonds. The molecule has 34 heavy (non-hydrogen) atoms. The van der Waals surface area contributed by atoms with E-state index in [1.807, 2.05) is 54.6 Å². The molecular formula is C26H27N5O3. The second kappa shape index (κ2) is 8.14. The molecule has 8 heteroatoms. The number of benzene rings is 2. The average molecular weight is 458 g/mol. The molecule has 0 aliphatic heterocycles. The van der Waals surface area contributed by atoms with Gasteiger partial charge in [0.2, 0.25) is 17.6 Å². The number of carbonyl (C=O) groups is 1. The molecule has 1 aliphatic rings. The van der Waals surface area contributed by atoms with Gasteiger partial charge >= 0.3 is 0 Å². The number of carbonyl (C=O) groups excluding carboxylic acids is 1. The zero-order chi connectivity index (χ0) is 24.0. The molecule has 1 atom stereocenters. The Balaban J connectivity index is 1.70. The van der Waals surface area contributed by atoms with Crippen LogP contribution in [0.3, 0.4) is 0 Å². The molecule has 0 spiro atoms. The van der Waals surface area contributed by atoms with Crippen LogP contribution in [0.2, 0.25) is 0 Å². The van der Waals surface area contributed by atoms with Gasteiger partial charge in [0.1, 0.15) is 17.2 Å². The number of anilines is 1. The van der Waals surface area contributed by atoms with Gasteiger partial charge in [0.15, 0.2) is 0 Å². The summed E-state index contributed by atoms with van der Waals surface area (Å²) in [5.74, 6) is 0.204. The number of furan rings is 1. The smallest absolute Gasteiger partial charge is 0.266 e. The van der Waals surface area contributed by atoms with Gasteiger partial charge in [0, 0.05) is 23.7 Å². The van der Waals surface area contributed by atoms with Gasteiger partial charge in [-0.15, -0.1) is 0 Å². The maximum atomic E-state index is 13.5. The van der Waals surface area contributed by atoms with Crippen LogP contribution in [0.4, 0.5) is 5.95 Å². The Labute approximate surface area is 196 Å². The number of nitrogens with two attached hydrogens (primary N) is 2. The molecule has 0 bridgehead atoms. The minimum Gasteiger partial charge on any atom is -0.437 e. The van der Waals surface area contributed by atoms with E-state index in [-0.39, 0.29) is 22.8 Å². The summed E-state index contributed by atoms with van der Waals surface area (Å²) in [6.07, 6.45) is 3.09. The summed E-state index contributed by atoms with van der Waals surface area (Å²) in [6.45, 7) is 1.61. The van der Waals surface area contributed by atoms with Crippen LogP contribution in [-0.4, -0.2) is 21.5 Å². The summed E-state index contributed by atoms with van der Waals surface area (Å²) in [5.41, 5.74) is 15.0. The fourth-order valence-corrected chi connectivity index (χ4v) is 4.41. The van der Waals surface area contributed by atoms with Gasteiger partial charge in [-0.2, -0.15) is 4.98 Å². The fraction of sp³-hybridized carbons (Fsp3) is 0.269. The van der Waals surface area contributed by atoms with Crippen molar-refractivity contribution in [2.24, 2.45) is 18.5 Å². The number of aromatic nitrogens is 2. The maximum absolute atomic E-state index is 13.5. The molecule has 1 saturated carbocycles. The maximum Gasteiger partial charge on any atom is 0.266 e. The van der Waals surface area contributed by atoms with Gasteiger partial charge in [0.05, 0.1) is 0 Å². The highest BCUT2D eigenvalue weighted by Crippen LogP contribution is 2.42. The van der Waals surface area contributed by atoms with E-state index in [1.54, 1.807) is 14.0 Å². The van der Waals surface area contributed by atoms with Crippen molar-refractivity contribution >= 4 is 23.0 Å². The van der Waals surface area contributed by atoms with Crippen molar-refractivity contribution in [3.8, 4) is 22.5 Å². The number of fused-ring (bicyclic) bond motifs is 1. The predicted molar refractivity (Wildman–Crippen MR) is 132 cm³/mol. The van der Waals surface area contributed by atoms with Crippen LogP contribution >= 0.6 is 0 Å². The minimum atomic E-state index is -0.707. The zero-order valence-corrected chi connectivity index (χ0v) is 19.2. The van der Waals surface area contributed by atoms with Gasteiger partial charge in [-0.3, -0.25) is 14.2 Å². The van der Waals surface area contributed by atoms with E-state index in [4.69, 9.17) is 15.9 Å². The lowest BCUT2D eigenvalue weighted by molar-refractivity contribution is -0.118. The van der Waals surface area contributed by atoms with Crippen LogP contribution in [0.1, 0.15) is 31.7 Å². The highest BCUT2D eigenvalue weighted by atomic mass is 16.3. The third kappa shape index (κ3) is 3.56. The van der Waals surface area contributed by atoms with Crippen LogP contribution < -0.4 is 22.3 Å². The predicted octanol–water partition coefficient (Wildman–Crippen LogP) is 3.48. The summed E-state index contributed by atoms with van der Waals surface area (Å²) in [6, 6.07) is 16.9. The Morgan fingerprint density at radius 3 is 2.38 bits per heavy atom. The average Bonchev–Trinajstić information content (AvgIpc) is 3.21. The van der Waals surface area contributed by atoms with Gasteiger partial charge < -0.3 is 21.2 Å². The molecule has 5 N–H and O–H groups in total. The van der Waals surface area contributed by atoms with Crippen molar-refractivity contribution in [1.29, 1.82) is 0 Å². The zero-order valence-electron chi connectivity index (χ0n) is 19.2. The quantitative estimate of drug-likeness (QED) is 0.406. The van der Waals surface area contributed by atoms with Crippen molar-refractivity contribution < 1.29 is 9.21 Å². The van der Waals surface area contributed by atoms with Crippen LogP contribution in [0.15, 0.2) is 63.8 Å². The van der Waals surface area contributed by atoms with E-state index in [1.165, 1.54) is 4.57 Å². The van der Waals surface area contributed by atoms with Crippen LogP contribution in [-0.2, 0) is 17.4 Å². The molecule has 0 radical (unpaired) electrons. The number of primary amides is 1. The van der Waals surface area contributed by atoms with Gasteiger partial charge in [-0.05, 0) is 37.3 Å². The van der Waals surface area contributed by atoms with Gasteiger partial charge in [-0.25, -0.2) is 0 Å². The van der Waals surface area contributed by atoms with E-state index in [9.17, 15) is 9.59 Å². The molecule has 1 aliphatic carbocycles. The van der Waals surface area contributed by atoms with Crippen LogP contribution in [0.25, 0.3) is 33.6 Å². The SMILES string of the molecule is CC(Nc1nc2oc(-c3ccc(C4(N)CCC4)cc3)c(-c3ccccc3)c2c(=O)n1C)C(N)=O. The number of nitrogens with zero attached hydrogens (tertiary/aromatic N) is 2. The van der Waals surface area contributed by atoms with E-state index in [0.29, 0.717) is 16.7 Å². The lowest BCUT2D eigenvalue weighted by Gasteiger charge is -2.38. The number of hydrogen-bond acceptors (Lipinski definition) is 6. The molecule has 8 nitrogen and oxygen atoms in total. The number of rotatable bonds is 6. The van der Waals surface area contributed by atoms with Crippen LogP contribution in [0, 0.1) is 0 Å². The summed E-state index contributed by atoms with van der Waals surface area (Å²) in [7, 11) is 1.60. The summed E-state index contributed by atoms with van der Waals surface area (Å²) in [5, 5.41) is 3.27. The van der Waals surface area contributed by atoms with Crippen molar-refractivity contribution in [1.82, 2.24) is 9.55 Å². The van der Waals surface area contributed by atoms with Crippen molar-refractivity contribution in [3.63, 3.8) is 0 Å². The molecule has 1 unspecified atom stereocenters. The topological polar surface area (TPSA) is 129 Å². The lowest BCUT2D eigenvalue weighted by atomic mass is 9.72. The molecule has 0 saturated heterocycles. The fourth-order valence-electron chi connectivity index (χ4n) is 4.41. The number of amides is 1. The first-order valence-electron chi connectivity index (χ1n) is 11.3. The molecule has 2 aromatic heterocycles. The van der Waals surface area contributed by atoms with Crippen molar-refractivity contribution in [3.05, 3.63) is 70.5 Å². The normalized spacial score (nSPS) is 15.6. The van der Waals surface area contributed by atoms with Crippen LogP contribution in [0.5, 0.6) is 0 Å². The molecular weight excluding hydrogens is 430 g/mol. The Morgan fingerprint density at radius 2 is 1.79 bits per heavy atom. The number of hydrogen-bond donors (Lipinski definition) is 3. The lowest BCUT2D eigenvalue weighted by Crippen LogP contribution is -2.43. The van der Waals surface area contributed by atoms with E-state index < -0.39 is 11.9 Å². The Hall–Kier alpha value is -3.91. The molecule has 4 aromatic rings. The second-order valence-electron chi connectivity index (χ2n) is 9.01. The third-order valence-electron chi connectivity index (χ3n) is 6.74. The van der Waals surface area contributed by atoms with Gasteiger partial charge in [0.25, 0.3) is 5.56 Å². The minimum absolute atomic E-state index is 0.189. The van der Waals surface area contributed by atoms with Crippen molar-refractivity contribution in [2.75, 3.05) is 5.32 Å². The Morgan fingerprint density at radius 1 is 1.12 bits per heavy atom. The standard InChI is InChI=1S/C26H27N5O3/c1-15(22(27)32)29-25-30-23-20(24(33)31(25)2)19(16-7-4-3-5-8-16)21(34-23)17-9-11-18(12-10-17)26(28)13-6-14-26/h3-5,7-12,15H,6,13-14,28H2,1-2H3,(H2,27,32)(H,29,30). The third-order valence-corrected chi connectivity index (χ3v) is 6.74. The highest BCUT2D eigenvalue weighted by molar-refractivity contribution is 6.00. The molecule has 174 valence electrons. The molecule has 1 fully saturated rings. The van der Waals surface area contributed by atoms with Gasteiger partial charge in [-0.1, -0.05) is 54.6 Å². The summed E-state index contributed by atoms with van der Waals surface area (Å²) >= 11 is 0. The first kappa shape index (κ1) is 21.9. The van der Waals surface area contributed by atoms with Crippen molar-refractivity contribution in [2.45, 2.75) is 37.8 Å². The molecule has 2 heterocycles. The van der Waals surface area contributed by atoms with E-state index in [2.05, 4.69) is 10.3 Å².